The molecule has 1 aromatic rings. The van der Waals surface area contributed by atoms with Gasteiger partial charge in [0, 0.05) is 30.3 Å². The molecule has 1 rings (SSSR count). The zero-order valence-electron chi connectivity index (χ0n) is 10.8. The van der Waals surface area contributed by atoms with E-state index < -0.39 is 0 Å². The fourth-order valence-electron chi connectivity index (χ4n) is 1.29. The molecule has 0 aliphatic heterocycles. The van der Waals surface area contributed by atoms with E-state index in [2.05, 4.69) is 4.98 Å². The highest BCUT2D eigenvalue weighted by Gasteiger charge is 2.17. The molecule has 1 heterocycles. The first-order valence-electron chi connectivity index (χ1n) is 5.68. The van der Waals surface area contributed by atoms with Gasteiger partial charge in [-0.05, 0) is 26.7 Å². The van der Waals surface area contributed by atoms with E-state index in [4.69, 9.17) is 5.11 Å². The van der Waals surface area contributed by atoms with Crippen LogP contribution in [0.3, 0.4) is 0 Å². The van der Waals surface area contributed by atoms with Gasteiger partial charge >= 0.3 is 0 Å². The third-order valence-corrected chi connectivity index (χ3v) is 3.64. The second-order valence-corrected chi connectivity index (χ2v) is 6.19. The summed E-state index contributed by atoms with van der Waals surface area (Å²) in [6.07, 6.45) is 3.36. The second kappa shape index (κ2) is 5.69. The van der Waals surface area contributed by atoms with Gasteiger partial charge in [0.05, 0.1) is 0 Å². The van der Waals surface area contributed by atoms with Gasteiger partial charge in [0.25, 0.3) is 5.56 Å². The molecule has 5 heteroatoms. The minimum Gasteiger partial charge on any atom is -0.396 e. The lowest BCUT2D eigenvalue weighted by Crippen LogP contribution is -2.34. The predicted molar refractivity (Wildman–Crippen MR) is 70.5 cm³/mol. The Hall–Kier alpha value is -0.810. The van der Waals surface area contributed by atoms with Gasteiger partial charge in [0.1, 0.15) is 0 Å². The normalized spacial score (nSPS) is 13.7. The molecule has 0 saturated carbocycles. The van der Waals surface area contributed by atoms with Crippen molar-refractivity contribution in [2.24, 2.45) is 5.92 Å². The van der Waals surface area contributed by atoms with E-state index in [1.165, 1.54) is 11.8 Å². The van der Waals surface area contributed by atoms with E-state index in [0.29, 0.717) is 10.8 Å². The van der Waals surface area contributed by atoms with Crippen LogP contribution >= 0.6 is 11.8 Å². The summed E-state index contributed by atoms with van der Waals surface area (Å²) in [5.41, 5.74) is -0.298. The number of aliphatic hydroxyl groups is 1. The lowest BCUT2D eigenvalue weighted by Gasteiger charge is -2.22. The van der Waals surface area contributed by atoms with Crippen molar-refractivity contribution in [1.29, 1.82) is 0 Å². The van der Waals surface area contributed by atoms with Crippen LogP contribution in [0.25, 0.3) is 0 Å². The van der Waals surface area contributed by atoms with Crippen LogP contribution in [0, 0.1) is 5.92 Å². The first-order chi connectivity index (χ1) is 7.86. The summed E-state index contributed by atoms with van der Waals surface area (Å²) in [4.78, 5) is 16.2. The van der Waals surface area contributed by atoms with Crippen molar-refractivity contribution < 1.29 is 5.11 Å². The Balaban J connectivity index is 2.92. The summed E-state index contributed by atoms with van der Waals surface area (Å²) < 4.78 is 1.69. The zero-order chi connectivity index (χ0) is 13.1. The third kappa shape index (κ3) is 3.85. The molecule has 0 saturated heterocycles. The van der Waals surface area contributed by atoms with Gasteiger partial charge < -0.3 is 9.67 Å². The summed E-state index contributed by atoms with van der Waals surface area (Å²) in [6.45, 7) is 8.03. The Kier molecular flexibility index (Phi) is 4.77. The maximum Gasteiger partial charge on any atom is 0.283 e. The molecule has 1 N–H and O–H groups in total. The number of aliphatic hydroxyl groups excluding tert-OH is 1. The minimum absolute atomic E-state index is 0.0601. The van der Waals surface area contributed by atoms with Crippen LogP contribution in [0.15, 0.2) is 22.2 Å². The first-order valence-corrected chi connectivity index (χ1v) is 6.66. The Bertz CT molecular complexity index is 423. The summed E-state index contributed by atoms with van der Waals surface area (Å²) in [6, 6.07) is 0. The van der Waals surface area contributed by atoms with Crippen LogP contribution in [-0.2, 0) is 5.54 Å². The van der Waals surface area contributed by atoms with Crippen molar-refractivity contribution in [2.45, 2.75) is 38.3 Å². The molecular weight excluding hydrogens is 236 g/mol. The molecule has 1 atom stereocenters. The van der Waals surface area contributed by atoms with Gasteiger partial charge in [0.15, 0.2) is 5.03 Å². The Morgan fingerprint density at radius 2 is 2.18 bits per heavy atom. The number of hydrogen-bond donors (Lipinski definition) is 1. The highest BCUT2D eigenvalue weighted by Crippen LogP contribution is 2.16. The molecule has 0 spiro atoms. The van der Waals surface area contributed by atoms with Crippen molar-refractivity contribution in [3.05, 3.63) is 22.7 Å². The molecule has 0 aliphatic rings. The Morgan fingerprint density at radius 1 is 1.53 bits per heavy atom. The number of nitrogens with zero attached hydrogens (tertiary/aromatic N) is 2. The van der Waals surface area contributed by atoms with Gasteiger partial charge in [-0.2, -0.15) is 0 Å². The maximum absolute atomic E-state index is 12.1. The molecule has 0 amide bonds. The quantitative estimate of drug-likeness (QED) is 0.833. The highest BCUT2D eigenvalue weighted by molar-refractivity contribution is 7.99. The topological polar surface area (TPSA) is 55.1 Å². The summed E-state index contributed by atoms with van der Waals surface area (Å²) in [5, 5.41) is 9.45. The van der Waals surface area contributed by atoms with Gasteiger partial charge in [-0.1, -0.05) is 6.92 Å². The van der Waals surface area contributed by atoms with Crippen LogP contribution in [0.2, 0.25) is 0 Å². The van der Waals surface area contributed by atoms with Gasteiger partial charge in [-0.3, -0.25) is 4.79 Å². The van der Waals surface area contributed by atoms with E-state index in [-0.39, 0.29) is 23.6 Å². The third-order valence-electron chi connectivity index (χ3n) is 2.35. The van der Waals surface area contributed by atoms with Crippen LogP contribution in [0.5, 0.6) is 0 Å². The Labute approximate surface area is 106 Å². The fourth-order valence-corrected chi connectivity index (χ4v) is 2.20. The lowest BCUT2D eigenvalue weighted by molar-refractivity contribution is 0.250. The minimum atomic E-state index is -0.238. The zero-order valence-corrected chi connectivity index (χ0v) is 11.6. The van der Waals surface area contributed by atoms with Crippen LogP contribution in [0.4, 0.5) is 0 Å². The molecule has 0 aromatic carbocycles. The molecule has 17 heavy (non-hydrogen) atoms. The van der Waals surface area contributed by atoms with E-state index in [9.17, 15) is 4.79 Å². The van der Waals surface area contributed by atoms with Crippen LogP contribution in [-0.4, -0.2) is 27.0 Å². The Morgan fingerprint density at radius 3 is 2.71 bits per heavy atom. The highest BCUT2D eigenvalue weighted by atomic mass is 32.2. The van der Waals surface area contributed by atoms with Crippen molar-refractivity contribution in [2.75, 3.05) is 12.4 Å². The standard InChI is InChI=1S/C12H20N2O2S/c1-9(7-15)8-17-10-11(16)14(6-5-13-10)12(2,3)4/h5-6,9,15H,7-8H2,1-4H3. The molecule has 1 unspecified atom stereocenters. The lowest BCUT2D eigenvalue weighted by atomic mass is 10.1. The van der Waals surface area contributed by atoms with Crippen LogP contribution < -0.4 is 5.56 Å². The average Bonchev–Trinajstić information content (AvgIpc) is 2.25. The molecule has 0 radical (unpaired) electrons. The van der Waals surface area contributed by atoms with E-state index in [1.54, 1.807) is 17.0 Å². The summed E-state index contributed by atoms with van der Waals surface area (Å²) in [5.74, 6) is 0.872. The molecule has 96 valence electrons. The number of aromatic nitrogens is 2. The number of hydrogen-bond acceptors (Lipinski definition) is 4. The summed E-state index contributed by atoms with van der Waals surface area (Å²) >= 11 is 1.41. The molecule has 4 nitrogen and oxygen atoms in total. The van der Waals surface area contributed by atoms with E-state index in [0.717, 1.165) is 0 Å². The van der Waals surface area contributed by atoms with Crippen molar-refractivity contribution in [3.8, 4) is 0 Å². The molecule has 0 fully saturated rings. The number of thioether (sulfide) groups is 1. The van der Waals surface area contributed by atoms with Gasteiger partial charge in [0.2, 0.25) is 0 Å². The molecular formula is C12H20N2O2S. The molecule has 0 aliphatic carbocycles. The summed E-state index contributed by atoms with van der Waals surface area (Å²) in [7, 11) is 0. The van der Waals surface area contributed by atoms with Gasteiger partial charge in [-0.25, -0.2) is 4.98 Å². The molecule has 0 bridgehead atoms. The van der Waals surface area contributed by atoms with Gasteiger partial charge in [-0.15, -0.1) is 11.8 Å². The predicted octanol–water partition coefficient (Wildman–Crippen LogP) is 1.72. The molecule has 1 aromatic heterocycles. The fraction of sp³-hybridized carbons (Fsp3) is 0.667. The first kappa shape index (κ1) is 14.3. The number of rotatable bonds is 4. The monoisotopic (exact) mass is 256 g/mol. The van der Waals surface area contributed by atoms with Crippen molar-refractivity contribution >= 4 is 11.8 Å². The SMILES string of the molecule is CC(CO)CSc1nccn(C(C)(C)C)c1=O. The van der Waals surface area contributed by atoms with Crippen LogP contribution in [0.1, 0.15) is 27.7 Å². The van der Waals surface area contributed by atoms with E-state index in [1.807, 2.05) is 27.7 Å². The second-order valence-electron chi connectivity index (χ2n) is 5.18. The van der Waals surface area contributed by atoms with E-state index >= 15 is 0 Å². The van der Waals surface area contributed by atoms with Crippen molar-refractivity contribution in [3.63, 3.8) is 0 Å². The maximum atomic E-state index is 12.1. The largest absolute Gasteiger partial charge is 0.396 e. The average molecular weight is 256 g/mol. The van der Waals surface area contributed by atoms with Crippen molar-refractivity contribution in [1.82, 2.24) is 9.55 Å². The smallest absolute Gasteiger partial charge is 0.283 e.